The highest BCUT2D eigenvalue weighted by molar-refractivity contribution is 7.93. The fourth-order valence-corrected chi connectivity index (χ4v) is 11.0. The Balaban J connectivity index is 0.000000241. The monoisotopic (exact) mass is 1050 g/mol. The van der Waals surface area contributed by atoms with Crippen molar-refractivity contribution in [3.8, 4) is 17.2 Å². The second-order valence-corrected chi connectivity index (χ2v) is 21.0. The summed E-state index contributed by atoms with van der Waals surface area (Å²) >= 11 is 0. The molecule has 0 saturated carbocycles. The molecule has 0 bridgehead atoms. The van der Waals surface area contributed by atoms with Gasteiger partial charge in [-0.3, -0.25) is 27.8 Å². The van der Waals surface area contributed by atoms with Gasteiger partial charge in [0, 0.05) is 19.0 Å². The number of benzene rings is 6. The summed E-state index contributed by atoms with van der Waals surface area (Å²) in [4.78, 5) is 52.2. The minimum atomic E-state index is -4.15. The topological polar surface area (TPSA) is 238 Å². The van der Waals surface area contributed by atoms with Crippen molar-refractivity contribution in [2.24, 2.45) is 11.5 Å². The van der Waals surface area contributed by atoms with E-state index in [0.29, 0.717) is 49.0 Å². The van der Waals surface area contributed by atoms with Gasteiger partial charge in [0.1, 0.15) is 36.4 Å². The van der Waals surface area contributed by atoms with E-state index in [9.17, 15) is 36.0 Å². The standard InChI is InChI=1S/C28H31N3O5S.C27H31N3O6S/c1-3-36-25-12-14-26(15-13-25)37(34,35)31(23-10-8-20(2)9-11-23)19-28(33)30-18-22-7-5-4-6-21(22)16-24(30)17-27(29)32;1-3-36-23-14-16-24(17-15-23)37(33,34)30(21-10-12-22(35-2)13-11-21)19-26(31)29-25(27(28)32)18-9-20-7-5-4-6-8-20/h4-15,24H,3,16-19H2,1-2H3,(H2,29,32);4-8,10-17,25H,3,9,18-19H2,1-2H3,(H2,28,32)(H,29,31). The molecule has 5 N–H and O–H groups in total. The number of nitrogens with two attached hydrogens (primary N) is 2. The lowest BCUT2D eigenvalue weighted by atomic mass is 9.92. The number of hydrogen-bond acceptors (Lipinski definition) is 11. The van der Waals surface area contributed by atoms with Crippen LogP contribution in [0.2, 0.25) is 0 Å². The van der Waals surface area contributed by atoms with Gasteiger partial charge in [0.05, 0.1) is 41.5 Å². The average molecular weight is 1050 g/mol. The number of methoxy groups -OCH3 is 1. The lowest BCUT2D eigenvalue weighted by molar-refractivity contribution is -0.134. The largest absolute Gasteiger partial charge is 0.497 e. The minimum Gasteiger partial charge on any atom is -0.497 e. The lowest BCUT2D eigenvalue weighted by Crippen LogP contribution is -2.50. The number of amides is 4. The SMILES string of the molecule is CCOc1ccc(S(=O)(=O)N(CC(=O)N2Cc3ccccc3CC2CC(N)=O)c2ccc(C)cc2)cc1.CCOc1ccc(S(=O)(=O)N(CC(=O)NC(CCc2ccccc2)C(N)=O)c2ccc(OC)cc2)cc1. The molecule has 6 aromatic carbocycles. The number of hydrogen-bond donors (Lipinski definition) is 3. The van der Waals surface area contributed by atoms with Crippen LogP contribution in [0.25, 0.3) is 0 Å². The minimum absolute atomic E-state index is 0.00372. The molecule has 2 atom stereocenters. The molecular formula is C55H62N6O11S2. The van der Waals surface area contributed by atoms with E-state index in [2.05, 4.69) is 5.32 Å². The number of anilines is 2. The molecule has 6 aromatic rings. The van der Waals surface area contributed by atoms with Gasteiger partial charge in [-0.1, -0.05) is 72.3 Å². The first kappa shape index (κ1) is 55.4. The number of nitrogens with zero attached hydrogens (tertiary/aromatic N) is 3. The summed E-state index contributed by atoms with van der Waals surface area (Å²) in [5.74, 6) is -0.674. The second-order valence-electron chi connectivity index (χ2n) is 17.2. The first-order valence-electron chi connectivity index (χ1n) is 23.9. The van der Waals surface area contributed by atoms with Crippen LogP contribution in [0.3, 0.4) is 0 Å². The van der Waals surface area contributed by atoms with E-state index >= 15 is 0 Å². The highest BCUT2D eigenvalue weighted by Crippen LogP contribution is 2.30. The number of fused-ring (bicyclic) bond motifs is 1. The summed E-state index contributed by atoms with van der Waals surface area (Å²) in [6, 6.07) is 41.1. The van der Waals surface area contributed by atoms with Crippen LogP contribution in [-0.2, 0) is 58.6 Å². The fourth-order valence-electron chi connectivity index (χ4n) is 8.21. The van der Waals surface area contributed by atoms with Crippen molar-refractivity contribution in [3.63, 3.8) is 0 Å². The molecule has 17 nitrogen and oxygen atoms in total. The Bertz CT molecular complexity index is 3070. The summed E-state index contributed by atoms with van der Waals surface area (Å²) in [6.45, 7) is 5.77. The van der Waals surface area contributed by atoms with Gasteiger partial charge in [0.2, 0.25) is 23.6 Å². The number of primary amides is 2. The Labute approximate surface area is 433 Å². The van der Waals surface area contributed by atoms with Crippen molar-refractivity contribution in [1.29, 1.82) is 0 Å². The Kier molecular flexibility index (Phi) is 19.2. The summed E-state index contributed by atoms with van der Waals surface area (Å²) < 4.78 is 72.9. The maximum atomic E-state index is 13.8. The fraction of sp³-hybridized carbons (Fsp3) is 0.273. The number of sulfonamides is 2. The Morgan fingerprint density at radius 1 is 0.649 bits per heavy atom. The molecule has 1 aliphatic rings. The first-order chi connectivity index (χ1) is 35.4. The van der Waals surface area contributed by atoms with Crippen LogP contribution in [0.15, 0.2) is 161 Å². The first-order valence-corrected chi connectivity index (χ1v) is 26.8. The zero-order chi connectivity index (χ0) is 53.4. The molecule has 2 unspecified atom stereocenters. The van der Waals surface area contributed by atoms with Crippen molar-refractivity contribution in [2.75, 3.05) is 42.0 Å². The van der Waals surface area contributed by atoms with E-state index in [-0.39, 0.29) is 34.9 Å². The molecule has 0 saturated heterocycles. The molecule has 390 valence electrons. The van der Waals surface area contributed by atoms with E-state index in [1.54, 1.807) is 77.7 Å². The van der Waals surface area contributed by atoms with Gasteiger partial charge in [-0.2, -0.15) is 0 Å². The Morgan fingerprint density at radius 3 is 1.64 bits per heavy atom. The molecule has 0 spiro atoms. The van der Waals surface area contributed by atoms with E-state index < -0.39 is 68.8 Å². The molecule has 7 rings (SSSR count). The number of ether oxygens (including phenoxy) is 3. The van der Waals surface area contributed by atoms with E-state index in [1.807, 2.05) is 75.4 Å². The summed E-state index contributed by atoms with van der Waals surface area (Å²) in [5, 5.41) is 2.59. The Hall–Kier alpha value is -7.90. The van der Waals surface area contributed by atoms with Gasteiger partial charge >= 0.3 is 0 Å². The second kappa shape index (κ2) is 25.7. The molecule has 74 heavy (non-hydrogen) atoms. The quantitative estimate of drug-likeness (QED) is 0.0681. The zero-order valence-corrected chi connectivity index (χ0v) is 43.4. The molecule has 19 heteroatoms. The zero-order valence-electron chi connectivity index (χ0n) is 41.8. The third-order valence-electron chi connectivity index (χ3n) is 12.0. The van der Waals surface area contributed by atoms with Crippen LogP contribution in [-0.4, -0.2) is 90.9 Å². The normalized spacial score (nSPS) is 13.5. The van der Waals surface area contributed by atoms with Gasteiger partial charge in [-0.15, -0.1) is 0 Å². The van der Waals surface area contributed by atoms with Crippen molar-refractivity contribution >= 4 is 55.1 Å². The molecule has 1 heterocycles. The molecule has 0 aliphatic carbocycles. The maximum Gasteiger partial charge on any atom is 0.264 e. The van der Waals surface area contributed by atoms with Crippen LogP contribution in [0.1, 0.15) is 48.9 Å². The van der Waals surface area contributed by atoms with Crippen LogP contribution in [0.5, 0.6) is 17.2 Å². The Morgan fingerprint density at radius 2 is 1.14 bits per heavy atom. The average Bonchev–Trinajstić information content (AvgIpc) is 3.39. The van der Waals surface area contributed by atoms with Crippen molar-refractivity contribution in [2.45, 2.75) is 74.9 Å². The van der Waals surface area contributed by atoms with Crippen LogP contribution in [0, 0.1) is 6.92 Å². The molecular weight excluding hydrogens is 985 g/mol. The van der Waals surface area contributed by atoms with Gasteiger partial charge in [-0.25, -0.2) is 16.8 Å². The highest BCUT2D eigenvalue weighted by atomic mass is 32.2. The molecule has 4 amide bonds. The number of aryl methyl sites for hydroxylation is 2. The van der Waals surface area contributed by atoms with Gasteiger partial charge < -0.3 is 35.9 Å². The molecule has 0 radical (unpaired) electrons. The van der Waals surface area contributed by atoms with Gasteiger partial charge in [0.15, 0.2) is 0 Å². The van der Waals surface area contributed by atoms with Gasteiger partial charge in [0.25, 0.3) is 20.0 Å². The number of rotatable bonds is 22. The van der Waals surface area contributed by atoms with Crippen molar-refractivity contribution in [3.05, 3.63) is 174 Å². The maximum absolute atomic E-state index is 13.8. The molecule has 0 fully saturated rings. The smallest absolute Gasteiger partial charge is 0.264 e. The van der Waals surface area contributed by atoms with Gasteiger partial charge in [-0.05, 0) is 142 Å². The van der Waals surface area contributed by atoms with E-state index in [1.165, 1.54) is 31.4 Å². The van der Waals surface area contributed by atoms with Crippen LogP contribution < -0.4 is 39.6 Å². The number of carbonyl (C=O) groups excluding carboxylic acids is 4. The van der Waals surface area contributed by atoms with E-state index in [4.69, 9.17) is 25.7 Å². The third kappa shape index (κ3) is 14.6. The van der Waals surface area contributed by atoms with E-state index in [0.717, 1.165) is 30.9 Å². The van der Waals surface area contributed by atoms with Crippen molar-refractivity contribution in [1.82, 2.24) is 10.2 Å². The summed E-state index contributed by atoms with van der Waals surface area (Å²) in [6.07, 6.45) is 1.26. The molecule has 0 aromatic heterocycles. The third-order valence-corrected chi connectivity index (χ3v) is 15.6. The predicted molar refractivity (Wildman–Crippen MR) is 283 cm³/mol. The summed E-state index contributed by atoms with van der Waals surface area (Å²) in [5.41, 5.74) is 15.6. The number of carbonyl (C=O) groups is 4. The van der Waals surface area contributed by atoms with Crippen molar-refractivity contribution < 1.29 is 50.2 Å². The highest BCUT2D eigenvalue weighted by Gasteiger charge is 2.35. The molecule has 1 aliphatic heterocycles. The summed E-state index contributed by atoms with van der Waals surface area (Å²) in [7, 11) is -6.75. The van der Waals surface area contributed by atoms with Crippen LogP contribution in [0.4, 0.5) is 11.4 Å². The predicted octanol–water partition coefficient (Wildman–Crippen LogP) is 6.31. The lowest BCUT2D eigenvalue weighted by Gasteiger charge is -2.38. The number of nitrogens with one attached hydrogen (secondary N) is 1. The van der Waals surface area contributed by atoms with Crippen LogP contribution >= 0.6 is 0 Å².